The van der Waals surface area contributed by atoms with E-state index in [1.54, 1.807) is 0 Å². The number of aliphatic hydroxyl groups is 1. The molecule has 162 valence electrons. The average Bonchev–Trinajstić information content (AvgIpc) is 3.31. The third kappa shape index (κ3) is 3.92. The third-order valence-electron chi connectivity index (χ3n) is 6.57. The third-order valence-corrected chi connectivity index (χ3v) is 8.38. The number of hydrogen-bond acceptors (Lipinski definition) is 5. The molecule has 3 fully saturated rings. The van der Waals surface area contributed by atoms with E-state index in [0.29, 0.717) is 6.54 Å². The zero-order valence-electron chi connectivity index (χ0n) is 18.6. The monoisotopic (exact) mass is 414 g/mol. The number of carbonyl (C=O) groups is 1. The van der Waals surface area contributed by atoms with Crippen LogP contribution in [0.15, 0.2) is 0 Å². The number of aliphatic hydroxyl groups excluding tert-OH is 1. The lowest BCUT2D eigenvalue weighted by Gasteiger charge is -2.63. The summed E-state index contributed by atoms with van der Waals surface area (Å²) in [4.78, 5) is 14.7. The summed E-state index contributed by atoms with van der Waals surface area (Å²) < 4.78 is 20.6. The summed E-state index contributed by atoms with van der Waals surface area (Å²) >= 11 is -1.12. The Balaban J connectivity index is 1.84. The molecule has 0 unspecified atom stereocenters. The molecule has 3 aliphatic rings. The summed E-state index contributed by atoms with van der Waals surface area (Å²) in [7, 11) is 0. The van der Waals surface area contributed by atoms with Gasteiger partial charge in [-0.2, -0.15) is 0 Å². The van der Waals surface area contributed by atoms with Gasteiger partial charge in [0.05, 0.1) is 19.2 Å². The van der Waals surface area contributed by atoms with E-state index in [4.69, 9.17) is 4.74 Å². The Kier molecular flexibility index (Phi) is 5.57. The predicted octanol–water partition coefficient (Wildman–Crippen LogP) is 3.31. The smallest absolute Gasteiger partial charge is 0.410 e. The first kappa shape index (κ1) is 22.2. The van der Waals surface area contributed by atoms with Gasteiger partial charge in [-0.15, -0.1) is 4.31 Å². The highest BCUT2D eigenvalue weighted by Crippen LogP contribution is 2.63. The summed E-state index contributed by atoms with van der Waals surface area (Å²) in [5, 5.41) is 10.2. The number of nitrogens with zero attached hydrogens (tertiary/aromatic N) is 2. The highest BCUT2D eigenvalue weighted by Gasteiger charge is 2.70. The van der Waals surface area contributed by atoms with E-state index in [9.17, 15) is 14.5 Å². The molecule has 2 aliphatic heterocycles. The summed E-state index contributed by atoms with van der Waals surface area (Å²) in [6.45, 7) is 15.2. The Labute approximate surface area is 173 Å². The van der Waals surface area contributed by atoms with E-state index in [-0.39, 0.29) is 40.4 Å². The van der Waals surface area contributed by atoms with Gasteiger partial charge in [-0.05, 0) is 74.1 Å². The summed E-state index contributed by atoms with van der Waals surface area (Å²) in [6, 6.07) is 0.190. The Morgan fingerprint density at radius 2 is 1.79 bits per heavy atom. The molecule has 2 heterocycles. The van der Waals surface area contributed by atoms with Crippen LogP contribution in [0.5, 0.6) is 0 Å². The van der Waals surface area contributed by atoms with Gasteiger partial charge in [0.2, 0.25) is 0 Å². The first-order valence-electron chi connectivity index (χ1n) is 10.5. The first-order chi connectivity index (χ1) is 12.7. The summed E-state index contributed by atoms with van der Waals surface area (Å²) in [5.74, 6) is 0. The van der Waals surface area contributed by atoms with Gasteiger partial charge in [0, 0.05) is 34.8 Å². The lowest BCUT2D eigenvalue weighted by atomic mass is 9.62. The van der Waals surface area contributed by atoms with Gasteiger partial charge in [-0.25, -0.2) is 4.79 Å². The van der Waals surface area contributed by atoms with E-state index < -0.39 is 17.0 Å². The van der Waals surface area contributed by atoms with Gasteiger partial charge in [0.15, 0.2) is 0 Å². The predicted molar refractivity (Wildman–Crippen MR) is 111 cm³/mol. The maximum atomic E-state index is 13.2. The molecular formula is C21H38N2O4S. The van der Waals surface area contributed by atoms with Crippen LogP contribution in [-0.2, 0) is 16.1 Å². The molecule has 1 saturated carbocycles. The minimum atomic E-state index is -1.12. The Morgan fingerprint density at radius 1 is 1.18 bits per heavy atom. The second-order valence-corrected chi connectivity index (χ2v) is 13.4. The highest BCUT2D eigenvalue weighted by atomic mass is 32.2. The van der Waals surface area contributed by atoms with Crippen LogP contribution >= 0.6 is 0 Å². The van der Waals surface area contributed by atoms with Crippen molar-refractivity contribution in [3.05, 3.63) is 0 Å². The van der Waals surface area contributed by atoms with Gasteiger partial charge in [0.25, 0.3) is 0 Å². The van der Waals surface area contributed by atoms with Crippen molar-refractivity contribution in [1.29, 1.82) is 0 Å². The van der Waals surface area contributed by atoms with E-state index >= 15 is 0 Å². The van der Waals surface area contributed by atoms with Crippen molar-refractivity contribution < 1.29 is 19.2 Å². The molecule has 0 aromatic rings. The van der Waals surface area contributed by atoms with Crippen LogP contribution in [0, 0.1) is 10.8 Å². The van der Waals surface area contributed by atoms with Crippen LogP contribution in [0.3, 0.4) is 0 Å². The average molecular weight is 415 g/mol. The number of carbonyl (C=O) groups excluding carboxylic acids is 1. The van der Waals surface area contributed by atoms with Crippen LogP contribution < -0.4 is 0 Å². The second-order valence-electron chi connectivity index (χ2n) is 11.2. The van der Waals surface area contributed by atoms with E-state index in [1.165, 1.54) is 0 Å². The maximum Gasteiger partial charge on any atom is 0.410 e. The zero-order valence-corrected chi connectivity index (χ0v) is 19.4. The van der Waals surface area contributed by atoms with Crippen molar-refractivity contribution in [2.24, 2.45) is 10.8 Å². The highest BCUT2D eigenvalue weighted by molar-refractivity contribution is 7.90. The van der Waals surface area contributed by atoms with Crippen molar-refractivity contribution in [3.8, 4) is 0 Å². The fourth-order valence-electron chi connectivity index (χ4n) is 4.96. The maximum absolute atomic E-state index is 13.2. The molecule has 0 bridgehead atoms. The normalized spacial score (nSPS) is 34.1. The summed E-state index contributed by atoms with van der Waals surface area (Å²) in [5.41, 5.74) is -0.800. The van der Waals surface area contributed by atoms with Crippen molar-refractivity contribution >= 4 is 17.5 Å². The molecule has 0 radical (unpaired) electrons. The molecule has 1 aliphatic carbocycles. The molecule has 0 aromatic heterocycles. The molecule has 1 amide bonds. The fraction of sp³-hybridized carbons (Fsp3) is 0.952. The largest absolute Gasteiger partial charge is 0.597 e. The molecule has 7 heteroatoms. The molecule has 2 saturated heterocycles. The topological polar surface area (TPSA) is 76.1 Å². The molecular weight excluding hydrogens is 376 g/mol. The number of rotatable bonds is 3. The van der Waals surface area contributed by atoms with Crippen LogP contribution in [0.25, 0.3) is 0 Å². The SMILES string of the molecule is C[C@H]1CC[C@@]2(CN1C(=O)OC(C)(C)C)CN([S@+]([O-])C(C)(C)C)[C@@H]2C1(CO)CC1. The van der Waals surface area contributed by atoms with Gasteiger partial charge in [0.1, 0.15) is 10.3 Å². The van der Waals surface area contributed by atoms with Crippen molar-refractivity contribution in [2.45, 2.75) is 96.6 Å². The first-order valence-corrected chi connectivity index (χ1v) is 11.6. The van der Waals surface area contributed by atoms with E-state index in [0.717, 1.165) is 32.2 Å². The Hall–Kier alpha value is -0.500. The van der Waals surface area contributed by atoms with Gasteiger partial charge in [-0.3, -0.25) is 0 Å². The van der Waals surface area contributed by atoms with Crippen LogP contribution in [0.4, 0.5) is 4.79 Å². The number of hydrogen-bond donors (Lipinski definition) is 1. The number of likely N-dealkylation sites (tertiary alicyclic amines) is 1. The van der Waals surface area contributed by atoms with Crippen LogP contribution in [0.1, 0.15) is 74.1 Å². The minimum Gasteiger partial charge on any atom is -0.597 e. The second kappa shape index (κ2) is 7.03. The van der Waals surface area contributed by atoms with Crippen molar-refractivity contribution in [3.63, 3.8) is 0 Å². The molecule has 6 nitrogen and oxygen atoms in total. The molecule has 1 spiro atoms. The molecule has 28 heavy (non-hydrogen) atoms. The van der Waals surface area contributed by atoms with Gasteiger partial charge < -0.3 is 19.3 Å². The number of amides is 1. The van der Waals surface area contributed by atoms with Crippen LogP contribution in [0.2, 0.25) is 0 Å². The van der Waals surface area contributed by atoms with E-state index in [2.05, 4.69) is 11.2 Å². The zero-order chi connectivity index (χ0) is 21.1. The Bertz CT molecular complexity index is 611. The minimum absolute atomic E-state index is 0.0579. The van der Waals surface area contributed by atoms with Gasteiger partial charge in [-0.1, -0.05) is 0 Å². The molecule has 4 atom stereocenters. The van der Waals surface area contributed by atoms with Gasteiger partial charge >= 0.3 is 6.09 Å². The van der Waals surface area contributed by atoms with Crippen molar-refractivity contribution in [2.75, 3.05) is 19.7 Å². The van der Waals surface area contributed by atoms with Crippen molar-refractivity contribution in [1.82, 2.24) is 9.21 Å². The lowest BCUT2D eigenvalue weighted by Crippen LogP contribution is -2.76. The molecule has 0 aromatic carbocycles. The number of piperidine rings is 1. The molecule has 3 rings (SSSR count). The quantitative estimate of drug-likeness (QED) is 0.717. The van der Waals surface area contributed by atoms with Crippen LogP contribution in [-0.4, -0.2) is 67.1 Å². The van der Waals surface area contributed by atoms with E-state index in [1.807, 2.05) is 46.4 Å². The summed E-state index contributed by atoms with van der Waals surface area (Å²) in [6.07, 6.45) is 3.58. The Morgan fingerprint density at radius 3 is 2.25 bits per heavy atom. The molecule has 1 N–H and O–H groups in total. The fourth-order valence-corrected chi connectivity index (χ4v) is 6.68. The standard InChI is InChI=1S/C21H38N2O4S/c1-15-8-9-21(12-22(15)17(25)27-18(2,3)4)13-23(28(26)19(5,6)7)16(21)20(14-24)10-11-20/h15-16,24H,8-14H2,1-7H3/t15-,16+,21+,28+/m0/s1. The number of ether oxygens (including phenoxy) is 1. The lowest BCUT2D eigenvalue weighted by molar-refractivity contribution is -0.118.